The molecule has 1 saturated carbocycles. The van der Waals surface area contributed by atoms with Gasteiger partial charge in [0, 0.05) is 17.8 Å². The highest BCUT2D eigenvalue weighted by atomic mass is 32.2. The van der Waals surface area contributed by atoms with Gasteiger partial charge in [0.25, 0.3) is 0 Å². The normalized spacial score (nSPS) is 28.7. The van der Waals surface area contributed by atoms with Crippen molar-refractivity contribution in [1.82, 2.24) is 10.3 Å². The predicted molar refractivity (Wildman–Crippen MR) is 74.6 cm³/mol. The van der Waals surface area contributed by atoms with Crippen LogP contribution in [-0.4, -0.2) is 31.5 Å². The molecule has 0 spiro atoms. The lowest BCUT2D eigenvalue weighted by molar-refractivity contribution is 0.341. The third-order valence-corrected chi connectivity index (χ3v) is 6.23. The maximum Gasteiger partial charge on any atom is 0.152 e. The van der Waals surface area contributed by atoms with Crippen LogP contribution < -0.4 is 5.32 Å². The van der Waals surface area contributed by atoms with Crippen LogP contribution in [0.4, 0.5) is 0 Å². The van der Waals surface area contributed by atoms with Crippen molar-refractivity contribution in [2.45, 2.75) is 43.4 Å². The first-order valence-electron chi connectivity index (χ1n) is 6.34. The van der Waals surface area contributed by atoms with E-state index < -0.39 is 15.4 Å². The Morgan fingerprint density at radius 1 is 1.61 bits per heavy atom. The summed E-state index contributed by atoms with van der Waals surface area (Å²) in [4.78, 5) is 4.38. The zero-order valence-electron chi connectivity index (χ0n) is 10.8. The molecule has 0 aromatic carbocycles. The van der Waals surface area contributed by atoms with Crippen molar-refractivity contribution < 1.29 is 8.42 Å². The molecule has 0 aliphatic heterocycles. The van der Waals surface area contributed by atoms with Crippen LogP contribution in [0.3, 0.4) is 0 Å². The van der Waals surface area contributed by atoms with E-state index in [1.54, 1.807) is 17.5 Å². The number of thiazole rings is 1. The second-order valence-corrected chi connectivity index (χ2v) is 8.07. The van der Waals surface area contributed by atoms with Crippen molar-refractivity contribution in [2.24, 2.45) is 0 Å². The molecule has 18 heavy (non-hydrogen) atoms. The van der Waals surface area contributed by atoms with Crippen LogP contribution in [0.15, 0.2) is 11.6 Å². The second kappa shape index (κ2) is 5.27. The summed E-state index contributed by atoms with van der Waals surface area (Å²) < 4.78 is 24.1. The maximum absolute atomic E-state index is 12.0. The number of rotatable bonds is 5. The Morgan fingerprint density at radius 2 is 2.39 bits per heavy atom. The molecule has 0 saturated heterocycles. The van der Waals surface area contributed by atoms with E-state index in [-0.39, 0.29) is 5.25 Å². The topological polar surface area (TPSA) is 59.1 Å². The minimum atomic E-state index is -3.06. The van der Waals surface area contributed by atoms with E-state index in [4.69, 9.17) is 0 Å². The molecular formula is C12H20N2O2S2. The molecule has 6 heteroatoms. The minimum Gasteiger partial charge on any atom is -0.304 e. The van der Waals surface area contributed by atoms with Gasteiger partial charge in [0.2, 0.25) is 0 Å². The van der Waals surface area contributed by atoms with Crippen LogP contribution in [0.1, 0.15) is 37.6 Å². The Kier molecular flexibility index (Phi) is 4.08. The molecule has 2 unspecified atom stereocenters. The molecule has 2 atom stereocenters. The summed E-state index contributed by atoms with van der Waals surface area (Å²) in [6.07, 6.45) is 6.62. The molecule has 4 nitrogen and oxygen atoms in total. The van der Waals surface area contributed by atoms with E-state index in [1.807, 2.05) is 5.38 Å². The highest BCUT2D eigenvalue weighted by Crippen LogP contribution is 2.43. The van der Waals surface area contributed by atoms with E-state index in [9.17, 15) is 8.42 Å². The monoisotopic (exact) mass is 288 g/mol. The van der Waals surface area contributed by atoms with Crippen LogP contribution in [0.5, 0.6) is 0 Å². The predicted octanol–water partition coefficient (Wildman–Crippen LogP) is 1.94. The van der Waals surface area contributed by atoms with E-state index in [0.717, 1.165) is 37.2 Å². The summed E-state index contributed by atoms with van der Waals surface area (Å²) in [5.41, 5.74) is -0.461. The number of aromatic nitrogens is 1. The first kappa shape index (κ1) is 14.0. The molecule has 1 N–H and O–H groups in total. The number of nitrogens with one attached hydrogen (secondary N) is 1. The van der Waals surface area contributed by atoms with Gasteiger partial charge in [0.15, 0.2) is 9.84 Å². The van der Waals surface area contributed by atoms with Gasteiger partial charge >= 0.3 is 0 Å². The summed E-state index contributed by atoms with van der Waals surface area (Å²) >= 11 is 1.55. The van der Waals surface area contributed by atoms with Crippen molar-refractivity contribution >= 4 is 21.2 Å². The number of hydrogen-bond acceptors (Lipinski definition) is 5. The van der Waals surface area contributed by atoms with Crippen molar-refractivity contribution in [1.29, 1.82) is 0 Å². The molecular weight excluding hydrogens is 268 g/mol. The smallest absolute Gasteiger partial charge is 0.152 e. The van der Waals surface area contributed by atoms with Gasteiger partial charge < -0.3 is 5.32 Å². The highest BCUT2D eigenvalue weighted by molar-refractivity contribution is 7.91. The molecule has 0 bridgehead atoms. The molecule has 1 aromatic heterocycles. The summed E-state index contributed by atoms with van der Waals surface area (Å²) in [5, 5.41) is 5.97. The zero-order valence-corrected chi connectivity index (χ0v) is 12.5. The fraction of sp³-hybridized carbons (Fsp3) is 0.750. The van der Waals surface area contributed by atoms with E-state index >= 15 is 0 Å². The quantitative estimate of drug-likeness (QED) is 0.899. The maximum atomic E-state index is 12.0. The Hall–Kier alpha value is -0.460. The molecule has 1 aliphatic rings. The Bertz CT molecular complexity index is 484. The van der Waals surface area contributed by atoms with Gasteiger partial charge in [0.05, 0.1) is 10.8 Å². The highest BCUT2D eigenvalue weighted by Gasteiger charge is 2.50. The van der Waals surface area contributed by atoms with E-state index in [1.165, 1.54) is 6.26 Å². The largest absolute Gasteiger partial charge is 0.304 e. The van der Waals surface area contributed by atoms with Crippen LogP contribution in [0.25, 0.3) is 0 Å². The van der Waals surface area contributed by atoms with Gasteiger partial charge in [-0.15, -0.1) is 11.3 Å². The summed E-state index contributed by atoms with van der Waals surface area (Å²) in [7, 11) is -3.06. The van der Waals surface area contributed by atoms with Gasteiger partial charge in [-0.2, -0.15) is 0 Å². The SMILES string of the molecule is CCCNC1(c2nccs2)CCCC1S(C)(=O)=O. The molecule has 0 amide bonds. The lowest BCUT2D eigenvalue weighted by Crippen LogP contribution is -2.51. The fourth-order valence-corrected chi connectivity index (χ4v) is 5.48. The van der Waals surface area contributed by atoms with Gasteiger partial charge in [-0.25, -0.2) is 13.4 Å². The Labute approximate surface area is 113 Å². The van der Waals surface area contributed by atoms with Gasteiger partial charge in [-0.1, -0.05) is 6.92 Å². The average molecular weight is 288 g/mol. The van der Waals surface area contributed by atoms with Crippen molar-refractivity contribution in [2.75, 3.05) is 12.8 Å². The van der Waals surface area contributed by atoms with Crippen LogP contribution in [-0.2, 0) is 15.4 Å². The van der Waals surface area contributed by atoms with E-state index in [2.05, 4.69) is 17.2 Å². The van der Waals surface area contributed by atoms with Crippen molar-refractivity contribution in [3.05, 3.63) is 16.6 Å². The third kappa shape index (κ3) is 2.46. The number of sulfone groups is 1. The molecule has 1 aliphatic carbocycles. The number of hydrogen-bond donors (Lipinski definition) is 1. The molecule has 2 rings (SSSR count). The minimum absolute atomic E-state index is 0.345. The fourth-order valence-electron chi connectivity index (χ4n) is 2.87. The molecule has 1 heterocycles. The van der Waals surface area contributed by atoms with Gasteiger partial charge in [0.1, 0.15) is 5.01 Å². The molecule has 102 valence electrons. The third-order valence-electron chi connectivity index (χ3n) is 3.61. The van der Waals surface area contributed by atoms with Gasteiger partial charge in [-0.3, -0.25) is 0 Å². The van der Waals surface area contributed by atoms with Crippen LogP contribution in [0, 0.1) is 0 Å². The average Bonchev–Trinajstić information content (AvgIpc) is 2.94. The lowest BCUT2D eigenvalue weighted by atomic mass is 9.98. The second-order valence-electron chi connectivity index (χ2n) is 4.95. The summed E-state index contributed by atoms with van der Waals surface area (Å²) in [5.74, 6) is 0. The first-order chi connectivity index (χ1) is 8.50. The molecule has 1 aromatic rings. The number of nitrogens with zero attached hydrogens (tertiary/aromatic N) is 1. The van der Waals surface area contributed by atoms with Crippen LogP contribution >= 0.6 is 11.3 Å². The summed E-state index contributed by atoms with van der Waals surface area (Å²) in [6, 6.07) is 0. The molecule has 0 radical (unpaired) electrons. The van der Waals surface area contributed by atoms with E-state index in [0.29, 0.717) is 0 Å². The zero-order chi connectivity index (χ0) is 13.2. The van der Waals surface area contributed by atoms with Crippen LogP contribution in [0.2, 0.25) is 0 Å². The van der Waals surface area contributed by atoms with Crippen molar-refractivity contribution in [3.63, 3.8) is 0 Å². The lowest BCUT2D eigenvalue weighted by Gasteiger charge is -2.33. The Balaban J connectivity index is 2.41. The Morgan fingerprint density at radius 3 is 2.94 bits per heavy atom. The standard InChI is InChI=1S/C12H20N2O2S2/c1-3-7-14-12(11-13-8-9-17-11)6-4-5-10(12)18(2,15)16/h8-10,14H,3-7H2,1-2H3. The molecule has 1 fully saturated rings. The summed E-state index contributed by atoms with van der Waals surface area (Å²) in [6.45, 7) is 2.92. The van der Waals surface area contributed by atoms with Crippen molar-refractivity contribution in [3.8, 4) is 0 Å². The first-order valence-corrected chi connectivity index (χ1v) is 9.18. The van der Waals surface area contributed by atoms with Gasteiger partial charge in [-0.05, 0) is 32.2 Å².